The molecule has 2 rings (SSSR count). The minimum absolute atomic E-state index is 0.102. The van der Waals surface area contributed by atoms with Crippen LogP contribution in [0.5, 0.6) is 0 Å². The van der Waals surface area contributed by atoms with Crippen molar-refractivity contribution in [2.75, 3.05) is 0 Å². The van der Waals surface area contributed by atoms with Gasteiger partial charge in [-0.2, -0.15) is 0 Å². The van der Waals surface area contributed by atoms with Gasteiger partial charge in [0.15, 0.2) is 5.78 Å². The van der Waals surface area contributed by atoms with Gasteiger partial charge in [-0.3, -0.25) is 4.79 Å². The van der Waals surface area contributed by atoms with Crippen molar-refractivity contribution in [3.8, 4) is 0 Å². The monoisotopic (exact) mass is 292 g/mol. The molecule has 0 atom stereocenters. The second kappa shape index (κ2) is 4.80. The molecule has 0 aromatic heterocycles. The number of aryl methyl sites for hydroxylation is 1. The van der Waals surface area contributed by atoms with Crippen LogP contribution in [0.2, 0.25) is 0 Å². The molecule has 0 saturated heterocycles. The van der Waals surface area contributed by atoms with Gasteiger partial charge in [0.2, 0.25) is 0 Å². The first-order chi connectivity index (χ1) is 8.09. The summed E-state index contributed by atoms with van der Waals surface area (Å²) in [6.45, 7) is 1.73. The summed E-state index contributed by atoms with van der Waals surface area (Å²) >= 11 is 3.34. The van der Waals surface area contributed by atoms with Crippen LogP contribution in [0.3, 0.4) is 0 Å². The molecule has 0 fully saturated rings. The number of hydrogen-bond acceptors (Lipinski definition) is 1. The molecule has 0 aliphatic carbocycles. The van der Waals surface area contributed by atoms with E-state index in [0.717, 1.165) is 4.47 Å². The van der Waals surface area contributed by atoms with Crippen molar-refractivity contribution in [2.45, 2.75) is 6.92 Å². The van der Waals surface area contributed by atoms with E-state index in [-0.39, 0.29) is 11.6 Å². The van der Waals surface area contributed by atoms with Crippen molar-refractivity contribution < 1.29 is 9.18 Å². The minimum atomic E-state index is -0.328. The van der Waals surface area contributed by atoms with E-state index in [9.17, 15) is 9.18 Å². The highest BCUT2D eigenvalue weighted by Gasteiger charge is 2.14. The van der Waals surface area contributed by atoms with Gasteiger partial charge in [-0.25, -0.2) is 4.39 Å². The molecule has 2 aromatic rings. The molecule has 0 amide bonds. The number of rotatable bonds is 2. The fraction of sp³-hybridized carbons (Fsp3) is 0.0714. The zero-order valence-corrected chi connectivity index (χ0v) is 10.8. The molecule has 0 bridgehead atoms. The normalized spacial score (nSPS) is 10.3. The maximum atomic E-state index is 13.0. The van der Waals surface area contributed by atoms with Gasteiger partial charge >= 0.3 is 0 Å². The maximum Gasteiger partial charge on any atom is 0.194 e. The summed E-state index contributed by atoms with van der Waals surface area (Å²) in [4.78, 5) is 12.2. The molecule has 3 heteroatoms. The van der Waals surface area contributed by atoms with Crippen LogP contribution >= 0.6 is 15.9 Å². The number of halogens is 2. The lowest BCUT2D eigenvalue weighted by Crippen LogP contribution is -2.04. The van der Waals surface area contributed by atoms with Crippen molar-refractivity contribution in [2.24, 2.45) is 0 Å². The lowest BCUT2D eigenvalue weighted by atomic mass is 9.99. The molecule has 0 unspecified atom stereocenters. The Morgan fingerprint density at radius 1 is 1.12 bits per heavy atom. The van der Waals surface area contributed by atoms with E-state index in [0.29, 0.717) is 16.7 Å². The lowest BCUT2D eigenvalue weighted by Gasteiger charge is -2.06. The number of benzene rings is 2. The van der Waals surface area contributed by atoms with Gasteiger partial charge in [0, 0.05) is 15.6 Å². The average Bonchev–Trinajstić information content (AvgIpc) is 2.29. The van der Waals surface area contributed by atoms with Crippen molar-refractivity contribution >= 4 is 21.7 Å². The Kier molecular flexibility index (Phi) is 3.38. The Hall–Kier alpha value is -1.48. The Morgan fingerprint density at radius 2 is 1.82 bits per heavy atom. The summed E-state index contributed by atoms with van der Waals surface area (Å²) in [5, 5.41) is 0. The van der Waals surface area contributed by atoms with Crippen LogP contribution < -0.4 is 0 Å². The molecule has 2 aromatic carbocycles. The predicted octanol–water partition coefficient (Wildman–Crippen LogP) is 4.13. The molecule has 0 aliphatic heterocycles. The second-order valence-electron chi connectivity index (χ2n) is 3.77. The average molecular weight is 293 g/mol. The Balaban J connectivity index is 2.48. The van der Waals surface area contributed by atoms with E-state index in [1.165, 1.54) is 18.2 Å². The Labute approximate surface area is 107 Å². The summed E-state index contributed by atoms with van der Waals surface area (Å²) in [7, 11) is 0. The fourth-order valence-corrected chi connectivity index (χ4v) is 2.14. The van der Waals surface area contributed by atoms with E-state index in [1.807, 2.05) is 12.1 Å². The molecule has 0 radical (unpaired) electrons. The van der Waals surface area contributed by atoms with Crippen molar-refractivity contribution in [1.82, 2.24) is 0 Å². The third kappa shape index (κ3) is 2.44. The zero-order chi connectivity index (χ0) is 12.4. The van der Waals surface area contributed by atoms with Crippen LogP contribution in [0, 0.1) is 12.7 Å². The highest BCUT2D eigenvalue weighted by molar-refractivity contribution is 9.10. The summed E-state index contributed by atoms with van der Waals surface area (Å²) in [6.07, 6.45) is 0. The molecular weight excluding hydrogens is 283 g/mol. The number of hydrogen-bond donors (Lipinski definition) is 0. The van der Waals surface area contributed by atoms with E-state index >= 15 is 0 Å². The topological polar surface area (TPSA) is 17.1 Å². The van der Waals surface area contributed by atoms with E-state index in [1.54, 1.807) is 19.1 Å². The molecule has 0 saturated carbocycles. The summed E-state index contributed by atoms with van der Waals surface area (Å²) < 4.78 is 13.7. The van der Waals surface area contributed by atoms with Crippen LogP contribution in [-0.4, -0.2) is 5.78 Å². The molecule has 0 spiro atoms. The van der Waals surface area contributed by atoms with E-state index in [4.69, 9.17) is 0 Å². The van der Waals surface area contributed by atoms with Crippen molar-refractivity contribution in [1.29, 1.82) is 0 Å². The number of carbonyl (C=O) groups excluding carboxylic acids is 1. The quantitative estimate of drug-likeness (QED) is 0.761. The van der Waals surface area contributed by atoms with Crippen LogP contribution in [0.25, 0.3) is 0 Å². The highest BCUT2D eigenvalue weighted by Crippen LogP contribution is 2.21. The van der Waals surface area contributed by atoms with Crippen molar-refractivity contribution in [3.63, 3.8) is 0 Å². The molecule has 0 aliphatic rings. The number of ketones is 1. The molecule has 86 valence electrons. The van der Waals surface area contributed by atoms with Gasteiger partial charge in [-0.05, 0) is 42.8 Å². The highest BCUT2D eigenvalue weighted by atomic mass is 79.9. The van der Waals surface area contributed by atoms with Gasteiger partial charge in [0.25, 0.3) is 0 Å². The fourth-order valence-electron chi connectivity index (χ4n) is 1.67. The predicted molar refractivity (Wildman–Crippen MR) is 68.7 cm³/mol. The second-order valence-corrected chi connectivity index (χ2v) is 4.62. The van der Waals surface area contributed by atoms with Gasteiger partial charge in [0.05, 0.1) is 0 Å². The maximum absolute atomic E-state index is 13.0. The molecule has 1 nitrogen and oxygen atoms in total. The Bertz CT molecular complexity index is 578. The number of carbonyl (C=O) groups is 1. The van der Waals surface area contributed by atoms with Crippen LogP contribution in [-0.2, 0) is 0 Å². The van der Waals surface area contributed by atoms with E-state index in [2.05, 4.69) is 15.9 Å². The third-order valence-corrected chi connectivity index (χ3v) is 3.24. The summed E-state index contributed by atoms with van der Waals surface area (Å²) in [6, 6.07) is 11.4. The summed E-state index contributed by atoms with van der Waals surface area (Å²) in [5.41, 5.74) is 1.76. The van der Waals surface area contributed by atoms with Gasteiger partial charge < -0.3 is 0 Å². The van der Waals surface area contributed by atoms with E-state index < -0.39 is 0 Å². The third-order valence-electron chi connectivity index (χ3n) is 2.55. The van der Waals surface area contributed by atoms with Crippen molar-refractivity contribution in [3.05, 3.63) is 69.4 Å². The van der Waals surface area contributed by atoms with Gasteiger partial charge in [-0.15, -0.1) is 0 Å². The summed E-state index contributed by atoms with van der Waals surface area (Å²) in [5.74, 6) is -0.429. The van der Waals surface area contributed by atoms with Crippen LogP contribution in [0.1, 0.15) is 21.5 Å². The zero-order valence-electron chi connectivity index (χ0n) is 9.21. The lowest BCUT2D eigenvalue weighted by molar-refractivity contribution is 0.103. The minimum Gasteiger partial charge on any atom is -0.289 e. The first-order valence-corrected chi connectivity index (χ1v) is 5.94. The molecule has 0 N–H and O–H groups in total. The Morgan fingerprint density at radius 3 is 2.47 bits per heavy atom. The molecule has 0 heterocycles. The molecular formula is C14H10BrFO. The SMILES string of the molecule is Cc1cc(F)ccc1C(=O)c1ccccc1Br. The van der Waals surface area contributed by atoms with Gasteiger partial charge in [-0.1, -0.05) is 28.1 Å². The van der Waals surface area contributed by atoms with Crippen LogP contribution in [0.15, 0.2) is 46.9 Å². The van der Waals surface area contributed by atoms with Crippen LogP contribution in [0.4, 0.5) is 4.39 Å². The standard InChI is InChI=1S/C14H10BrFO/c1-9-8-10(16)6-7-11(9)14(17)12-4-2-3-5-13(12)15/h2-8H,1H3. The first-order valence-electron chi connectivity index (χ1n) is 5.15. The van der Waals surface area contributed by atoms with Gasteiger partial charge in [0.1, 0.15) is 5.82 Å². The smallest absolute Gasteiger partial charge is 0.194 e. The largest absolute Gasteiger partial charge is 0.289 e. The molecule has 17 heavy (non-hydrogen) atoms. The first kappa shape index (κ1) is 12.0.